The number of hydrogen-bond acceptors (Lipinski definition) is 6. The Morgan fingerprint density at radius 3 is 2.66 bits per heavy atom. The number of amides is 1. The highest BCUT2D eigenvalue weighted by molar-refractivity contribution is 7.89. The van der Waals surface area contributed by atoms with E-state index in [2.05, 4.69) is 10.3 Å². The Balaban J connectivity index is 1.28. The van der Waals surface area contributed by atoms with E-state index in [1.54, 1.807) is 48.7 Å². The van der Waals surface area contributed by atoms with Gasteiger partial charge in [-0.3, -0.25) is 4.79 Å². The van der Waals surface area contributed by atoms with Gasteiger partial charge in [0, 0.05) is 30.7 Å². The molecule has 196 valence electrons. The number of anilines is 1. The number of fused-ring (bicyclic) bond motifs is 1. The van der Waals surface area contributed by atoms with Crippen molar-refractivity contribution in [3.8, 4) is 11.1 Å². The van der Waals surface area contributed by atoms with Crippen molar-refractivity contribution in [2.75, 3.05) is 18.8 Å². The van der Waals surface area contributed by atoms with Crippen molar-refractivity contribution in [3.63, 3.8) is 0 Å². The number of pyridine rings is 1. The van der Waals surface area contributed by atoms with E-state index in [0.717, 1.165) is 22.1 Å². The average Bonchev–Trinajstić information content (AvgIpc) is 3.54. The van der Waals surface area contributed by atoms with Crippen LogP contribution in [-0.2, 0) is 21.4 Å². The summed E-state index contributed by atoms with van der Waals surface area (Å²) in [6, 6.07) is 15.2. The predicted octanol–water partition coefficient (Wildman–Crippen LogP) is 4.79. The van der Waals surface area contributed by atoms with Crippen LogP contribution in [0.3, 0.4) is 0 Å². The molecule has 1 saturated heterocycles. The summed E-state index contributed by atoms with van der Waals surface area (Å²) in [5, 5.41) is 3.88. The van der Waals surface area contributed by atoms with Gasteiger partial charge < -0.3 is 15.5 Å². The summed E-state index contributed by atoms with van der Waals surface area (Å²) in [4.78, 5) is 16.3. The van der Waals surface area contributed by atoms with Crippen molar-refractivity contribution in [1.82, 2.24) is 14.6 Å². The molecule has 1 aliphatic heterocycles. The maximum atomic E-state index is 13.5. The summed E-state index contributed by atoms with van der Waals surface area (Å²) < 4.78 is 46.1. The molecule has 0 radical (unpaired) electrons. The lowest BCUT2D eigenvalue weighted by molar-refractivity contribution is -0.116. The molecule has 3 N–H and O–H groups in total. The molecule has 2 aromatic carbocycles. The van der Waals surface area contributed by atoms with Crippen LogP contribution in [0.4, 0.5) is 10.2 Å². The first kappa shape index (κ1) is 25.9. The van der Waals surface area contributed by atoms with Crippen molar-refractivity contribution < 1.29 is 22.0 Å². The summed E-state index contributed by atoms with van der Waals surface area (Å²) in [5.74, 6) is 0.617. The van der Waals surface area contributed by atoms with Crippen LogP contribution in [-0.4, -0.2) is 42.9 Å². The summed E-state index contributed by atoms with van der Waals surface area (Å²) in [7, 11) is -3.74. The van der Waals surface area contributed by atoms with Gasteiger partial charge in [0.05, 0.1) is 16.5 Å². The van der Waals surface area contributed by atoms with E-state index in [9.17, 15) is 17.6 Å². The molecule has 8 nitrogen and oxygen atoms in total. The SMILES string of the molecule is Nc1ccc(C=CC(=O)NCc2cc3cc(-c4ccc(S(=O)(=O)N5CC[C@@H](F)C5)cc4)cc(Cl)c3o2)cn1. The first-order valence-electron chi connectivity index (χ1n) is 11.8. The van der Waals surface area contributed by atoms with Crippen LogP contribution in [0.5, 0.6) is 0 Å². The smallest absolute Gasteiger partial charge is 0.244 e. The first-order chi connectivity index (χ1) is 18.2. The molecule has 38 heavy (non-hydrogen) atoms. The van der Waals surface area contributed by atoms with Gasteiger partial charge in [-0.1, -0.05) is 23.7 Å². The number of carbonyl (C=O) groups is 1. The highest BCUT2D eigenvalue weighted by Crippen LogP contribution is 2.34. The molecule has 0 saturated carbocycles. The van der Waals surface area contributed by atoms with Crippen LogP contribution in [0.1, 0.15) is 17.7 Å². The number of furan rings is 1. The predicted molar refractivity (Wildman–Crippen MR) is 144 cm³/mol. The van der Waals surface area contributed by atoms with Crippen LogP contribution in [0.2, 0.25) is 5.02 Å². The Hall–Kier alpha value is -3.73. The zero-order valence-corrected chi connectivity index (χ0v) is 21.7. The van der Waals surface area contributed by atoms with Crippen LogP contribution < -0.4 is 11.1 Å². The van der Waals surface area contributed by atoms with Crippen LogP contribution >= 0.6 is 11.6 Å². The Morgan fingerprint density at radius 1 is 1.18 bits per heavy atom. The number of nitrogens with zero attached hydrogens (tertiary/aromatic N) is 2. The van der Waals surface area contributed by atoms with Gasteiger partial charge >= 0.3 is 0 Å². The molecule has 1 fully saturated rings. The average molecular weight is 555 g/mol. The highest BCUT2D eigenvalue weighted by atomic mass is 35.5. The Morgan fingerprint density at radius 2 is 1.97 bits per heavy atom. The zero-order valence-electron chi connectivity index (χ0n) is 20.1. The van der Waals surface area contributed by atoms with Crippen molar-refractivity contribution in [2.45, 2.75) is 24.0 Å². The van der Waals surface area contributed by atoms with Crippen LogP contribution in [0.25, 0.3) is 28.2 Å². The molecule has 0 aliphatic carbocycles. The number of nitrogen functional groups attached to an aromatic ring is 1. The highest BCUT2D eigenvalue weighted by Gasteiger charge is 2.32. The molecular formula is C27H24ClFN4O4S. The number of halogens is 2. The Labute approximate surface area is 224 Å². The minimum absolute atomic E-state index is 0.115. The summed E-state index contributed by atoms with van der Waals surface area (Å²) in [6.45, 7) is 0.222. The second-order valence-corrected chi connectivity index (χ2v) is 11.3. The lowest BCUT2D eigenvalue weighted by Crippen LogP contribution is -2.29. The number of aromatic nitrogens is 1. The standard InChI is InChI=1S/C27H24ClFN4O4S/c28-24-13-19(18-3-5-23(6-4-18)38(35,36)33-10-9-21(29)16-33)11-20-12-22(37-27(20)24)15-32-26(34)8-2-17-1-7-25(30)31-14-17/h1-8,11-14,21H,9-10,15-16H2,(H2,30,31)(H,32,34)/t21-/m1/s1. The van der Waals surface area contributed by atoms with E-state index in [0.29, 0.717) is 22.2 Å². The largest absolute Gasteiger partial charge is 0.458 e. The van der Waals surface area contributed by atoms with Crippen molar-refractivity contribution in [2.24, 2.45) is 0 Å². The maximum Gasteiger partial charge on any atom is 0.244 e. The fourth-order valence-corrected chi connectivity index (χ4v) is 5.96. The zero-order chi connectivity index (χ0) is 26.9. The van der Waals surface area contributed by atoms with E-state index in [1.165, 1.54) is 22.5 Å². The van der Waals surface area contributed by atoms with Gasteiger partial charge in [0.2, 0.25) is 15.9 Å². The lowest BCUT2D eigenvalue weighted by atomic mass is 10.0. The topological polar surface area (TPSA) is 119 Å². The Bertz CT molecular complexity index is 1620. The van der Waals surface area contributed by atoms with Crippen LogP contribution in [0, 0.1) is 0 Å². The number of nitrogens with one attached hydrogen (secondary N) is 1. The summed E-state index contributed by atoms with van der Waals surface area (Å²) in [5.41, 5.74) is 8.32. The van der Waals surface area contributed by atoms with Gasteiger partial charge in [-0.25, -0.2) is 17.8 Å². The summed E-state index contributed by atoms with van der Waals surface area (Å²) >= 11 is 6.48. The third kappa shape index (κ3) is 5.57. The van der Waals surface area contributed by atoms with Crippen LogP contribution in [0.15, 0.2) is 76.2 Å². The molecule has 3 heterocycles. The van der Waals surface area contributed by atoms with E-state index in [1.807, 2.05) is 6.07 Å². The third-order valence-corrected chi connectivity index (χ3v) is 8.37. The molecule has 0 unspecified atom stereocenters. The van der Waals surface area contributed by atoms with E-state index >= 15 is 0 Å². The number of nitrogens with two attached hydrogens (primary N) is 1. The van der Waals surface area contributed by atoms with Gasteiger partial charge in [-0.15, -0.1) is 0 Å². The van der Waals surface area contributed by atoms with E-state index in [4.69, 9.17) is 21.8 Å². The normalized spacial score (nSPS) is 16.4. The lowest BCUT2D eigenvalue weighted by Gasteiger charge is -2.15. The number of carbonyl (C=O) groups excluding carboxylic acids is 1. The minimum atomic E-state index is -3.74. The molecule has 2 aromatic heterocycles. The Kier molecular flexibility index (Phi) is 7.20. The molecule has 1 amide bonds. The van der Waals surface area contributed by atoms with E-state index < -0.39 is 16.2 Å². The number of hydrogen-bond donors (Lipinski definition) is 2. The minimum Gasteiger partial charge on any atom is -0.458 e. The molecule has 1 aliphatic rings. The van der Waals surface area contributed by atoms with Crippen molar-refractivity contribution >= 4 is 50.4 Å². The van der Waals surface area contributed by atoms with Gasteiger partial charge in [-0.05, 0) is 71.7 Å². The number of benzene rings is 2. The molecule has 5 rings (SSSR count). The number of sulfonamides is 1. The first-order valence-corrected chi connectivity index (χ1v) is 13.6. The quantitative estimate of drug-likeness (QED) is 0.317. The number of alkyl halides is 1. The number of rotatable bonds is 7. The molecule has 4 aromatic rings. The fourth-order valence-electron chi connectivity index (χ4n) is 4.21. The van der Waals surface area contributed by atoms with Gasteiger partial charge in [0.15, 0.2) is 5.58 Å². The van der Waals surface area contributed by atoms with Gasteiger partial charge in [-0.2, -0.15) is 4.31 Å². The van der Waals surface area contributed by atoms with Gasteiger partial charge in [0.1, 0.15) is 17.7 Å². The molecule has 0 spiro atoms. The fraction of sp³-hybridized carbons (Fsp3) is 0.185. The van der Waals surface area contributed by atoms with Gasteiger partial charge in [0.25, 0.3) is 0 Å². The summed E-state index contributed by atoms with van der Waals surface area (Å²) in [6.07, 6.45) is 3.67. The second-order valence-electron chi connectivity index (χ2n) is 8.93. The second kappa shape index (κ2) is 10.6. The molecule has 0 bridgehead atoms. The maximum absolute atomic E-state index is 13.5. The van der Waals surface area contributed by atoms with E-state index in [-0.39, 0.29) is 36.9 Å². The molecule has 1 atom stereocenters. The van der Waals surface area contributed by atoms with Crippen molar-refractivity contribution in [1.29, 1.82) is 0 Å². The third-order valence-electron chi connectivity index (χ3n) is 6.21. The monoisotopic (exact) mass is 554 g/mol. The molecular weight excluding hydrogens is 531 g/mol. The molecule has 11 heteroatoms. The van der Waals surface area contributed by atoms with Crippen molar-refractivity contribution in [3.05, 3.63) is 83.2 Å².